The Kier molecular flexibility index (Phi) is 3.12. The third kappa shape index (κ3) is 2.12. The third-order valence-electron chi connectivity index (χ3n) is 3.62. The second-order valence-corrected chi connectivity index (χ2v) is 4.95. The Hall–Kier alpha value is -2.39. The summed E-state index contributed by atoms with van der Waals surface area (Å²) >= 11 is 0. The highest BCUT2D eigenvalue weighted by atomic mass is 16.4. The number of fused-ring (bicyclic) bond motifs is 2. The normalized spacial score (nSPS) is 12.7. The summed E-state index contributed by atoms with van der Waals surface area (Å²) < 4.78 is 0. The van der Waals surface area contributed by atoms with Crippen LogP contribution in [0.15, 0.2) is 54.6 Å². The standard InChI is InChI=1S/C17H15NO2/c18-16(17(19)20)10-15-13-7-3-1-5-11(13)9-12-6-2-4-8-14(12)15/h1-9,16H,10,18H2,(H,19,20). The fourth-order valence-electron chi connectivity index (χ4n) is 2.64. The summed E-state index contributed by atoms with van der Waals surface area (Å²) in [7, 11) is 0. The van der Waals surface area contributed by atoms with Crippen molar-refractivity contribution in [3.8, 4) is 0 Å². The molecular formula is C17H15NO2. The molecule has 3 aromatic carbocycles. The lowest BCUT2D eigenvalue weighted by molar-refractivity contribution is -0.138. The maximum Gasteiger partial charge on any atom is 0.320 e. The molecule has 0 radical (unpaired) electrons. The van der Waals surface area contributed by atoms with Gasteiger partial charge < -0.3 is 10.8 Å². The third-order valence-corrected chi connectivity index (χ3v) is 3.62. The van der Waals surface area contributed by atoms with E-state index in [0.717, 1.165) is 27.1 Å². The van der Waals surface area contributed by atoms with Gasteiger partial charge in [0.15, 0.2) is 0 Å². The molecule has 0 saturated heterocycles. The zero-order valence-corrected chi connectivity index (χ0v) is 10.9. The molecule has 3 heteroatoms. The highest BCUT2D eigenvalue weighted by Crippen LogP contribution is 2.29. The van der Waals surface area contributed by atoms with Crippen molar-refractivity contribution in [3.05, 3.63) is 60.2 Å². The summed E-state index contributed by atoms with van der Waals surface area (Å²) in [6, 6.07) is 17.3. The van der Waals surface area contributed by atoms with E-state index in [9.17, 15) is 4.79 Å². The molecule has 1 unspecified atom stereocenters. The van der Waals surface area contributed by atoms with Gasteiger partial charge in [-0.2, -0.15) is 0 Å². The largest absolute Gasteiger partial charge is 0.480 e. The van der Waals surface area contributed by atoms with E-state index < -0.39 is 12.0 Å². The molecule has 3 aromatic rings. The quantitative estimate of drug-likeness (QED) is 0.716. The molecule has 3 nitrogen and oxygen atoms in total. The van der Waals surface area contributed by atoms with Crippen LogP contribution in [0.4, 0.5) is 0 Å². The molecule has 0 bridgehead atoms. The lowest BCUT2D eigenvalue weighted by atomic mass is 9.93. The molecule has 0 fully saturated rings. The van der Waals surface area contributed by atoms with Crippen molar-refractivity contribution in [1.82, 2.24) is 0 Å². The summed E-state index contributed by atoms with van der Waals surface area (Å²) in [5.74, 6) is -0.970. The first kappa shape index (κ1) is 12.6. The molecule has 0 aromatic heterocycles. The minimum atomic E-state index is -0.970. The first-order chi connectivity index (χ1) is 9.66. The van der Waals surface area contributed by atoms with Gasteiger partial charge in [-0.25, -0.2) is 0 Å². The minimum Gasteiger partial charge on any atom is -0.480 e. The Bertz CT molecular complexity index is 741. The highest BCUT2D eigenvalue weighted by molar-refractivity contribution is 6.02. The summed E-state index contributed by atoms with van der Waals surface area (Å²) in [4.78, 5) is 11.1. The van der Waals surface area contributed by atoms with E-state index in [1.165, 1.54) is 0 Å². The van der Waals surface area contributed by atoms with E-state index in [0.29, 0.717) is 6.42 Å². The number of benzene rings is 3. The van der Waals surface area contributed by atoms with Gasteiger partial charge in [0.25, 0.3) is 0 Å². The van der Waals surface area contributed by atoms with Gasteiger partial charge in [-0.15, -0.1) is 0 Å². The van der Waals surface area contributed by atoms with Gasteiger partial charge in [0.05, 0.1) is 0 Å². The molecule has 0 aliphatic rings. The summed E-state index contributed by atoms with van der Waals surface area (Å²) in [5.41, 5.74) is 6.74. The van der Waals surface area contributed by atoms with Crippen molar-refractivity contribution in [2.75, 3.05) is 0 Å². The van der Waals surface area contributed by atoms with Crippen LogP contribution in [0.3, 0.4) is 0 Å². The maximum absolute atomic E-state index is 11.1. The Labute approximate surface area is 116 Å². The lowest BCUT2D eigenvalue weighted by Crippen LogP contribution is -2.32. The van der Waals surface area contributed by atoms with Gasteiger partial charge in [0.1, 0.15) is 6.04 Å². The fraction of sp³-hybridized carbons (Fsp3) is 0.118. The predicted octanol–water partition coefficient (Wildman–Crippen LogP) is 2.95. The van der Waals surface area contributed by atoms with Crippen LogP contribution in [0.25, 0.3) is 21.5 Å². The van der Waals surface area contributed by atoms with Crippen LogP contribution in [0.2, 0.25) is 0 Å². The lowest BCUT2D eigenvalue weighted by Gasteiger charge is -2.13. The Morgan fingerprint density at radius 2 is 1.50 bits per heavy atom. The number of nitrogens with two attached hydrogens (primary N) is 1. The smallest absolute Gasteiger partial charge is 0.320 e. The SMILES string of the molecule is NC(Cc1c2ccccc2cc2ccccc12)C(=O)O. The van der Waals surface area contributed by atoms with Crippen molar-refractivity contribution in [3.63, 3.8) is 0 Å². The topological polar surface area (TPSA) is 63.3 Å². The van der Waals surface area contributed by atoms with E-state index in [4.69, 9.17) is 10.8 Å². The molecule has 0 amide bonds. The van der Waals surface area contributed by atoms with Crippen LogP contribution in [0, 0.1) is 0 Å². The van der Waals surface area contributed by atoms with Gasteiger partial charge >= 0.3 is 5.97 Å². The van der Waals surface area contributed by atoms with Crippen LogP contribution in [0.1, 0.15) is 5.56 Å². The summed E-state index contributed by atoms with van der Waals surface area (Å²) in [6.07, 6.45) is 0.331. The van der Waals surface area contributed by atoms with E-state index in [-0.39, 0.29) is 0 Å². The Morgan fingerprint density at radius 3 is 2.00 bits per heavy atom. The molecule has 20 heavy (non-hydrogen) atoms. The zero-order chi connectivity index (χ0) is 14.1. The number of hydrogen-bond donors (Lipinski definition) is 2. The fourth-order valence-corrected chi connectivity index (χ4v) is 2.64. The summed E-state index contributed by atoms with van der Waals surface area (Å²) in [5, 5.41) is 13.4. The van der Waals surface area contributed by atoms with Crippen molar-refractivity contribution >= 4 is 27.5 Å². The monoisotopic (exact) mass is 265 g/mol. The molecule has 3 N–H and O–H groups in total. The number of rotatable bonds is 3. The predicted molar refractivity (Wildman–Crippen MR) is 80.8 cm³/mol. The molecule has 0 saturated carbocycles. The molecular weight excluding hydrogens is 250 g/mol. The van der Waals surface area contributed by atoms with E-state index >= 15 is 0 Å². The van der Waals surface area contributed by atoms with E-state index in [1.807, 2.05) is 48.5 Å². The number of carboxylic acids is 1. The molecule has 100 valence electrons. The van der Waals surface area contributed by atoms with Crippen LogP contribution in [-0.4, -0.2) is 17.1 Å². The number of carbonyl (C=O) groups is 1. The second kappa shape index (κ2) is 4.94. The minimum absolute atomic E-state index is 0.331. The highest BCUT2D eigenvalue weighted by Gasteiger charge is 2.16. The zero-order valence-electron chi connectivity index (χ0n) is 10.9. The maximum atomic E-state index is 11.1. The molecule has 1 atom stereocenters. The van der Waals surface area contributed by atoms with Crippen molar-refractivity contribution in [2.24, 2.45) is 5.73 Å². The van der Waals surface area contributed by atoms with Crippen LogP contribution < -0.4 is 5.73 Å². The first-order valence-corrected chi connectivity index (χ1v) is 6.54. The van der Waals surface area contributed by atoms with Gasteiger partial charge in [0, 0.05) is 0 Å². The van der Waals surface area contributed by atoms with E-state index in [1.54, 1.807) is 0 Å². The van der Waals surface area contributed by atoms with Gasteiger partial charge in [-0.3, -0.25) is 4.79 Å². The van der Waals surface area contributed by atoms with Crippen LogP contribution in [-0.2, 0) is 11.2 Å². The van der Waals surface area contributed by atoms with Gasteiger partial charge in [-0.05, 0) is 39.6 Å². The average Bonchev–Trinajstić information content (AvgIpc) is 2.46. The van der Waals surface area contributed by atoms with Crippen molar-refractivity contribution in [1.29, 1.82) is 0 Å². The van der Waals surface area contributed by atoms with Crippen molar-refractivity contribution in [2.45, 2.75) is 12.5 Å². The molecule has 3 rings (SSSR count). The number of carboxylic acid groups (broad SMARTS) is 1. The van der Waals surface area contributed by atoms with Gasteiger partial charge in [0.2, 0.25) is 0 Å². The first-order valence-electron chi connectivity index (χ1n) is 6.54. The molecule has 0 aliphatic carbocycles. The number of aliphatic carboxylic acids is 1. The Morgan fingerprint density at radius 1 is 1.00 bits per heavy atom. The summed E-state index contributed by atoms with van der Waals surface area (Å²) in [6.45, 7) is 0. The second-order valence-electron chi connectivity index (χ2n) is 4.95. The van der Waals surface area contributed by atoms with Gasteiger partial charge in [-0.1, -0.05) is 48.5 Å². The average molecular weight is 265 g/mol. The molecule has 0 spiro atoms. The van der Waals surface area contributed by atoms with Crippen molar-refractivity contribution < 1.29 is 9.90 Å². The number of hydrogen-bond acceptors (Lipinski definition) is 2. The molecule has 0 heterocycles. The molecule has 0 aliphatic heterocycles. The Balaban J connectivity index is 2.30. The van der Waals surface area contributed by atoms with Crippen LogP contribution in [0.5, 0.6) is 0 Å². The van der Waals surface area contributed by atoms with Crippen LogP contribution >= 0.6 is 0 Å². The van der Waals surface area contributed by atoms with E-state index in [2.05, 4.69) is 6.07 Å².